The number of hydrogen-bond acceptors (Lipinski definition) is 4. The van der Waals surface area contributed by atoms with Crippen molar-refractivity contribution < 1.29 is 19.4 Å². The monoisotopic (exact) mass is 266 g/mol. The van der Waals surface area contributed by atoms with Gasteiger partial charge >= 0.3 is 5.97 Å². The van der Waals surface area contributed by atoms with Crippen molar-refractivity contribution in [1.82, 2.24) is 0 Å². The van der Waals surface area contributed by atoms with E-state index < -0.39 is 12.0 Å². The van der Waals surface area contributed by atoms with Gasteiger partial charge in [-0.1, -0.05) is 37.3 Å². The van der Waals surface area contributed by atoms with Crippen molar-refractivity contribution in [2.75, 3.05) is 13.7 Å². The maximum Gasteiger partial charge on any atom is 0.311 e. The van der Waals surface area contributed by atoms with Gasteiger partial charge < -0.3 is 14.6 Å². The molecule has 4 heteroatoms. The highest BCUT2D eigenvalue weighted by atomic mass is 16.5. The van der Waals surface area contributed by atoms with Crippen LogP contribution in [0.1, 0.15) is 25.3 Å². The van der Waals surface area contributed by atoms with E-state index >= 15 is 0 Å². The average molecular weight is 266 g/mol. The van der Waals surface area contributed by atoms with Crippen molar-refractivity contribution in [3.05, 3.63) is 35.9 Å². The number of rotatable bonds is 8. The molecule has 0 heterocycles. The van der Waals surface area contributed by atoms with E-state index in [0.29, 0.717) is 19.4 Å². The Morgan fingerprint density at radius 1 is 1.32 bits per heavy atom. The van der Waals surface area contributed by atoms with Crippen molar-refractivity contribution in [3.63, 3.8) is 0 Å². The normalized spacial score (nSPS) is 13.8. The standard InChI is InChI=1S/C15H22O4/c1-3-14(16)9-13(15(17)18-2)11-19-10-12-7-5-4-6-8-12/h4-8,13-14,16H,3,9-11H2,1-2H3/t13-,14+/m0/s1. The molecule has 0 aliphatic heterocycles. The van der Waals surface area contributed by atoms with E-state index in [1.165, 1.54) is 7.11 Å². The summed E-state index contributed by atoms with van der Waals surface area (Å²) in [7, 11) is 1.35. The highest BCUT2D eigenvalue weighted by Crippen LogP contribution is 2.13. The van der Waals surface area contributed by atoms with E-state index in [9.17, 15) is 9.90 Å². The van der Waals surface area contributed by atoms with E-state index in [1.54, 1.807) is 0 Å². The van der Waals surface area contributed by atoms with Gasteiger partial charge in [-0.2, -0.15) is 0 Å². The van der Waals surface area contributed by atoms with E-state index in [-0.39, 0.29) is 12.6 Å². The largest absolute Gasteiger partial charge is 0.469 e. The first-order valence-corrected chi connectivity index (χ1v) is 6.55. The molecule has 0 fully saturated rings. The summed E-state index contributed by atoms with van der Waals surface area (Å²) >= 11 is 0. The van der Waals surface area contributed by atoms with Crippen LogP contribution in [0.5, 0.6) is 0 Å². The van der Waals surface area contributed by atoms with Crippen LogP contribution in [0.3, 0.4) is 0 Å². The van der Waals surface area contributed by atoms with Crippen LogP contribution in [0.4, 0.5) is 0 Å². The molecule has 0 unspecified atom stereocenters. The number of benzene rings is 1. The summed E-state index contributed by atoms with van der Waals surface area (Å²) in [6.45, 7) is 2.60. The van der Waals surface area contributed by atoms with Gasteiger partial charge in [0.05, 0.1) is 32.3 Å². The molecule has 1 aromatic rings. The van der Waals surface area contributed by atoms with Gasteiger partial charge in [-0.3, -0.25) is 4.79 Å². The predicted molar refractivity (Wildman–Crippen MR) is 72.5 cm³/mol. The number of ether oxygens (including phenoxy) is 2. The Morgan fingerprint density at radius 3 is 2.58 bits per heavy atom. The molecule has 1 rings (SSSR count). The Kier molecular flexibility index (Phi) is 7.15. The van der Waals surface area contributed by atoms with Crippen molar-refractivity contribution in [2.24, 2.45) is 5.92 Å². The Balaban J connectivity index is 2.42. The molecule has 0 saturated heterocycles. The number of carbonyl (C=O) groups is 1. The average Bonchev–Trinajstić information content (AvgIpc) is 2.46. The van der Waals surface area contributed by atoms with Gasteiger partial charge in [0.15, 0.2) is 0 Å². The topological polar surface area (TPSA) is 55.8 Å². The lowest BCUT2D eigenvalue weighted by Gasteiger charge is -2.17. The fourth-order valence-corrected chi connectivity index (χ4v) is 1.79. The molecule has 19 heavy (non-hydrogen) atoms. The molecular weight excluding hydrogens is 244 g/mol. The molecule has 0 radical (unpaired) electrons. The first kappa shape index (κ1) is 15.7. The highest BCUT2D eigenvalue weighted by molar-refractivity contribution is 5.72. The molecule has 1 N–H and O–H groups in total. The molecule has 106 valence electrons. The predicted octanol–water partition coefficient (Wildman–Crippen LogP) is 2.15. The minimum atomic E-state index is -0.496. The van der Waals surface area contributed by atoms with Crippen molar-refractivity contribution in [1.29, 1.82) is 0 Å². The Bertz CT molecular complexity index is 364. The molecule has 2 atom stereocenters. The van der Waals surface area contributed by atoms with Gasteiger partial charge in [0.25, 0.3) is 0 Å². The van der Waals surface area contributed by atoms with Gasteiger partial charge in [-0.15, -0.1) is 0 Å². The van der Waals surface area contributed by atoms with Crippen molar-refractivity contribution in [2.45, 2.75) is 32.5 Å². The highest BCUT2D eigenvalue weighted by Gasteiger charge is 2.22. The van der Waals surface area contributed by atoms with E-state index in [4.69, 9.17) is 9.47 Å². The number of carbonyl (C=O) groups excluding carboxylic acids is 1. The third-order valence-corrected chi connectivity index (χ3v) is 2.99. The van der Waals surface area contributed by atoms with Crippen LogP contribution in [0.2, 0.25) is 0 Å². The van der Waals surface area contributed by atoms with Crippen LogP contribution in [0.15, 0.2) is 30.3 Å². The molecule has 0 aliphatic carbocycles. The summed E-state index contributed by atoms with van der Waals surface area (Å²) in [5, 5.41) is 9.63. The lowest BCUT2D eigenvalue weighted by Crippen LogP contribution is -2.26. The van der Waals surface area contributed by atoms with Crippen LogP contribution in [-0.4, -0.2) is 30.9 Å². The number of aliphatic hydroxyl groups is 1. The lowest BCUT2D eigenvalue weighted by atomic mass is 10.0. The van der Waals surface area contributed by atoms with Crippen molar-refractivity contribution >= 4 is 5.97 Å². The zero-order valence-electron chi connectivity index (χ0n) is 11.5. The van der Waals surface area contributed by atoms with Crippen LogP contribution >= 0.6 is 0 Å². The zero-order valence-corrected chi connectivity index (χ0v) is 11.5. The molecule has 1 aromatic carbocycles. The molecule has 0 bridgehead atoms. The minimum Gasteiger partial charge on any atom is -0.469 e. The third-order valence-electron chi connectivity index (χ3n) is 2.99. The van der Waals surface area contributed by atoms with Crippen LogP contribution in [0.25, 0.3) is 0 Å². The SMILES string of the molecule is CC[C@@H](O)C[C@@H](COCc1ccccc1)C(=O)OC. The fraction of sp³-hybridized carbons (Fsp3) is 0.533. The van der Waals surface area contributed by atoms with E-state index in [0.717, 1.165) is 5.56 Å². The number of esters is 1. The number of methoxy groups -OCH3 is 1. The van der Waals surface area contributed by atoms with Gasteiger partial charge in [-0.25, -0.2) is 0 Å². The van der Waals surface area contributed by atoms with Gasteiger partial charge in [0.1, 0.15) is 0 Å². The smallest absolute Gasteiger partial charge is 0.311 e. The van der Waals surface area contributed by atoms with Crippen LogP contribution in [-0.2, 0) is 20.9 Å². The Labute approximate surface area is 114 Å². The van der Waals surface area contributed by atoms with Crippen LogP contribution in [0, 0.1) is 5.92 Å². The molecule has 0 spiro atoms. The lowest BCUT2D eigenvalue weighted by molar-refractivity contribution is -0.149. The first-order valence-electron chi connectivity index (χ1n) is 6.55. The second kappa shape index (κ2) is 8.67. The van der Waals surface area contributed by atoms with Gasteiger partial charge in [0.2, 0.25) is 0 Å². The molecular formula is C15H22O4. The van der Waals surface area contributed by atoms with Crippen LogP contribution < -0.4 is 0 Å². The summed E-state index contributed by atoms with van der Waals surface area (Å²) in [4.78, 5) is 11.6. The van der Waals surface area contributed by atoms with E-state index in [1.807, 2.05) is 37.3 Å². The van der Waals surface area contributed by atoms with Gasteiger partial charge in [-0.05, 0) is 18.4 Å². The Hall–Kier alpha value is -1.39. The third kappa shape index (κ3) is 5.85. The van der Waals surface area contributed by atoms with Crippen molar-refractivity contribution in [3.8, 4) is 0 Å². The molecule has 0 aliphatic rings. The number of aliphatic hydroxyl groups excluding tert-OH is 1. The fourth-order valence-electron chi connectivity index (χ4n) is 1.79. The summed E-state index contributed by atoms with van der Waals surface area (Å²) in [6, 6.07) is 9.76. The van der Waals surface area contributed by atoms with Gasteiger partial charge in [0, 0.05) is 0 Å². The summed E-state index contributed by atoms with van der Waals surface area (Å²) in [5.74, 6) is -0.746. The first-order chi connectivity index (χ1) is 9.17. The molecule has 0 aromatic heterocycles. The number of hydrogen-bond donors (Lipinski definition) is 1. The maximum atomic E-state index is 11.6. The quantitative estimate of drug-likeness (QED) is 0.733. The Morgan fingerprint density at radius 2 is 2.00 bits per heavy atom. The molecule has 0 amide bonds. The second-order valence-electron chi connectivity index (χ2n) is 4.52. The zero-order chi connectivity index (χ0) is 14.1. The molecule has 4 nitrogen and oxygen atoms in total. The minimum absolute atomic E-state index is 0.263. The maximum absolute atomic E-state index is 11.6. The summed E-state index contributed by atoms with van der Waals surface area (Å²) < 4.78 is 10.3. The van der Waals surface area contributed by atoms with E-state index in [2.05, 4.69) is 0 Å². The summed E-state index contributed by atoms with van der Waals surface area (Å²) in [6.07, 6.45) is 0.494. The second-order valence-corrected chi connectivity index (χ2v) is 4.52. The summed E-state index contributed by atoms with van der Waals surface area (Å²) in [5.41, 5.74) is 1.06. The molecule has 0 saturated carbocycles.